The molecule has 1 amide bonds. The second kappa shape index (κ2) is 5.65. The van der Waals surface area contributed by atoms with Crippen LogP contribution < -0.4 is 0 Å². The number of amides is 1. The van der Waals surface area contributed by atoms with E-state index in [0.29, 0.717) is 25.2 Å². The van der Waals surface area contributed by atoms with Gasteiger partial charge in [-0.05, 0) is 25.5 Å². The van der Waals surface area contributed by atoms with Crippen molar-refractivity contribution in [1.29, 1.82) is 0 Å². The molecule has 1 aliphatic rings. The molecule has 0 radical (unpaired) electrons. The fraction of sp³-hybridized carbons (Fsp3) is 0.400. The van der Waals surface area contributed by atoms with E-state index in [0.717, 1.165) is 5.69 Å². The van der Waals surface area contributed by atoms with Gasteiger partial charge in [-0.2, -0.15) is 0 Å². The predicted octanol–water partition coefficient (Wildman–Crippen LogP) is 1.05. The van der Waals surface area contributed by atoms with Gasteiger partial charge in [0.1, 0.15) is 0 Å². The number of carbonyl (C=O) groups is 1. The second-order valence-corrected chi connectivity index (χ2v) is 5.40. The van der Waals surface area contributed by atoms with Crippen LogP contribution in [0.25, 0.3) is 0 Å². The number of β-amino-alcohol motifs (C(OH)–C–C–N with tert-alkyl or cyclic N) is 1. The van der Waals surface area contributed by atoms with E-state index in [1.54, 1.807) is 24.1 Å². The number of carbonyl (C=O) groups excluding carboxylic acids is 1. The number of aliphatic hydroxyl groups excluding tert-OH is 1. The minimum atomic E-state index is -0.542. The van der Waals surface area contributed by atoms with Gasteiger partial charge in [-0.25, -0.2) is 0 Å². The van der Waals surface area contributed by atoms with Crippen LogP contribution in [0.2, 0.25) is 0 Å². The lowest BCUT2D eigenvalue weighted by Gasteiger charge is -2.14. The van der Waals surface area contributed by atoms with Gasteiger partial charge >= 0.3 is 0 Å². The van der Waals surface area contributed by atoms with Crippen LogP contribution in [-0.4, -0.2) is 45.2 Å². The summed E-state index contributed by atoms with van der Waals surface area (Å²) in [6.45, 7) is 2.58. The van der Waals surface area contributed by atoms with Crippen molar-refractivity contribution in [1.82, 2.24) is 15.0 Å². The molecular weight excluding hydrogens is 270 g/mol. The third-order valence-corrected chi connectivity index (χ3v) is 3.73. The third-order valence-electron chi connectivity index (χ3n) is 3.73. The molecule has 3 heterocycles. The molecule has 0 aromatic carbocycles. The molecule has 2 aromatic rings. The van der Waals surface area contributed by atoms with E-state index < -0.39 is 6.10 Å². The highest BCUT2D eigenvalue weighted by Gasteiger charge is 2.35. The maximum absolute atomic E-state index is 12.3. The molecule has 1 saturated heterocycles. The van der Waals surface area contributed by atoms with Gasteiger partial charge < -0.3 is 14.5 Å². The van der Waals surface area contributed by atoms with Crippen LogP contribution >= 0.6 is 0 Å². The Bertz CT molecular complexity index is 626. The monoisotopic (exact) mass is 287 g/mol. The normalized spacial score (nSPS) is 21.7. The van der Waals surface area contributed by atoms with Crippen molar-refractivity contribution in [2.24, 2.45) is 5.92 Å². The molecule has 6 nitrogen and oxygen atoms in total. The van der Waals surface area contributed by atoms with Crippen LogP contribution in [0.5, 0.6) is 0 Å². The standard InChI is InChI=1S/C15H17N3O3/c1-10-6-14(21-17-10)15(20)18-8-11(13(19)9-18)7-12-4-2-3-5-16-12/h2-6,11,13,19H,7-9H2,1H3/t11-,13-/m1/s1. The Morgan fingerprint density at radius 2 is 2.33 bits per heavy atom. The van der Waals surface area contributed by atoms with E-state index in [9.17, 15) is 9.90 Å². The fourth-order valence-corrected chi connectivity index (χ4v) is 2.63. The molecule has 0 saturated carbocycles. The van der Waals surface area contributed by atoms with Crippen molar-refractivity contribution in [2.45, 2.75) is 19.4 Å². The number of rotatable bonds is 3. The zero-order chi connectivity index (χ0) is 14.8. The smallest absolute Gasteiger partial charge is 0.292 e. The number of aliphatic hydroxyl groups is 1. The van der Waals surface area contributed by atoms with Gasteiger partial charge in [0.25, 0.3) is 5.91 Å². The zero-order valence-electron chi connectivity index (χ0n) is 11.8. The van der Waals surface area contributed by atoms with Crippen LogP contribution in [-0.2, 0) is 6.42 Å². The van der Waals surface area contributed by atoms with Crippen molar-refractivity contribution in [3.05, 3.63) is 47.6 Å². The molecule has 0 unspecified atom stereocenters. The quantitative estimate of drug-likeness (QED) is 0.913. The van der Waals surface area contributed by atoms with Gasteiger partial charge in [0, 0.05) is 37.0 Å². The maximum atomic E-state index is 12.3. The number of aryl methyl sites for hydroxylation is 1. The Hall–Kier alpha value is -2.21. The van der Waals surface area contributed by atoms with Crippen LogP contribution in [0.4, 0.5) is 0 Å². The molecule has 1 N–H and O–H groups in total. The highest BCUT2D eigenvalue weighted by atomic mass is 16.5. The molecule has 6 heteroatoms. The summed E-state index contributed by atoms with van der Waals surface area (Å²) in [5.74, 6) is -0.00998. The van der Waals surface area contributed by atoms with Crippen LogP contribution in [0.15, 0.2) is 35.0 Å². The lowest BCUT2D eigenvalue weighted by atomic mass is 10.00. The van der Waals surface area contributed by atoms with Crippen LogP contribution in [0.1, 0.15) is 21.9 Å². The van der Waals surface area contributed by atoms with Crippen molar-refractivity contribution in [3.63, 3.8) is 0 Å². The van der Waals surface area contributed by atoms with Crippen LogP contribution in [0.3, 0.4) is 0 Å². The summed E-state index contributed by atoms with van der Waals surface area (Å²) >= 11 is 0. The van der Waals surface area contributed by atoms with Gasteiger partial charge in [0.05, 0.1) is 11.8 Å². The predicted molar refractivity (Wildman–Crippen MR) is 74.6 cm³/mol. The van der Waals surface area contributed by atoms with Gasteiger partial charge in [-0.15, -0.1) is 0 Å². The van der Waals surface area contributed by atoms with Crippen LogP contribution in [0, 0.1) is 12.8 Å². The first kappa shape index (κ1) is 13.8. The Labute approximate surface area is 122 Å². The molecule has 1 aliphatic heterocycles. The minimum Gasteiger partial charge on any atom is -0.391 e. The number of likely N-dealkylation sites (tertiary alicyclic amines) is 1. The number of aromatic nitrogens is 2. The summed E-state index contributed by atoms with van der Waals surface area (Å²) in [6, 6.07) is 7.32. The topological polar surface area (TPSA) is 79.5 Å². The average molecular weight is 287 g/mol. The number of nitrogens with zero attached hydrogens (tertiary/aromatic N) is 3. The summed E-state index contributed by atoms with van der Waals surface area (Å²) in [5, 5.41) is 13.9. The first-order valence-electron chi connectivity index (χ1n) is 6.94. The summed E-state index contributed by atoms with van der Waals surface area (Å²) in [5.41, 5.74) is 1.59. The number of hydrogen-bond donors (Lipinski definition) is 1. The van der Waals surface area contributed by atoms with E-state index >= 15 is 0 Å². The molecule has 2 atom stereocenters. The van der Waals surface area contributed by atoms with Gasteiger partial charge in [0.2, 0.25) is 5.76 Å². The van der Waals surface area contributed by atoms with Gasteiger partial charge in [-0.3, -0.25) is 9.78 Å². The highest BCUT2D eigenvalue weighted by Crippen LogP contribution is 2.22. The van der Waals surface area contributed by atoms with E-state index in [-0.39, 0.29) is 17.6 Å². The van der Waals surface area contributed by atoms with Crippen molar-refractivity contribution in [2.75, 3.05) is 13.1 Å². The van der Waals surface area contributed by atoms with Gasteiger partial charge in [0.15, 0.2) is 0 Å². The van der Waals surface area contributed by atoms with E-state index in [1.165, 1.54) is 0 Å². The Balaban J connectivity index is 1.67. The molecule has 0 aliphatic carbocycles. The Kier molecular flexibility index (Phi) is 3.70. The highest BCUT2D eigenvalue weighted by molar-refractivity contribution is 5.91. The largest absolute Gasteiger partial charge is 0.391 e. The zero-order valence-corrected chi connectivity index (χ0v) is 11.8. The second-order valence-electron chi connectivity index (χ2n) is 5.40. The first-order chi connectivity index (χ1) is 10.1. The van der Waals surface area contributed by atoms with E-state index in [4.69, 9.17) is 4.52 Å². The number of hydrogen-bond acceptors (Lipinski definition) is 5. The third kappa shape index (κ3) is 2.95. The molecule has 0 spiro atoms. The first-order valence-corrected chi connectivity index (χ1v) is 6.94. The SMILES string of the molecule is Cc1cc(C(=O)N2C[C@@H](Cc3ccccn3)[C@H](O)C2)on1. The van der Waals surface area contributed by atoms with E-state index in [2.05, 4.69) is 10.1 Å². The lowest BCUT2D eigenvalue weighted by Crippen LogP contribution is -2.29. The molecular formula is C15H17N3O3. The Morgan fingerprint density at radius 1 is 1.48 bits per heavy atom. The molecule has 110 valence electrons. The summed E-state index contributed by atoms with van der Waals surface area (Å²) < 4.78 is 4.99. The van der Waals surface area contributed by atoms with Crippen molar-refractivity contribution >= 4 is 5.91 Å². The van der Waals surface area contributed by atoms with Gasteiger partial charge in [-0.1, -0.05) is 11.2 Å². The molecule has 0 bridgehead atoms. The molecule has 21 heavy (non-hydrogen) atoms. The average Bonchev–Trinajstić information content (AvgIpc) is 3.06. The summed E-state index contributed by atoms with van der Waals surface area (Å²) in [6.07, 6.45) is 1.85. The maximum Gasteiger partial charge on any atom is 0.292 e. The Morgan fingerprint density at radius 3 is 3.00 bits per heavy atom. The van der Waals surface area contributed by atoms with E-state index in [1.807, 2.05) is 18.2 Å². The summed E-state index contributed by atoms with van der Waals surface area (Å²) in [7, 11) is 0. The van der Waals surface area contributed by atoms with Crippen molar-refractivity contribution < 1.29 is 14.4 Å². The molecule has 2 aromatic heterocycles. The van der Waals surface area contributed by atoms with Crippen molar-refractivity contribution in [3.8, 4) is 0 Å². The minimum absolute atomic E-state index is 0.00660. The number of pyridine rings is 1. The summed E-state index contributed by atoms with van der Waals surface area (Å²) in [4.78, 5) is 18.1. The lowest BCUT2D eigenvalue weighted by molar-refractivity contribution is 0.0724. The molecule has 3 rings (SSSR count). The fourth-order valence-electron chi connectivity index (χ4n) is 2.63. The molecule has 1 fully saturated rings.